The molecule has 1 heterocycles. The van der Waals surface area contributed by atoms with Gasteiger partial charge in [0, 0.05) is 11.4 Å². The van der Waals surface area contributed by atoms with E-state index >= 15 is 0 Å². The molecule has 1 aromatic heterocycles. The molecule has 1 atom stereocenters. The summed E-state index contributed by atoms with van der Waals surface area (Å²) >= 11 is 6.13. The number of pyridine rings is 1. The quantitative estimate of drug-likeness (QED) is 0.512. The van der Waals surface area contributed by atoms with Gasteiger partial charge in [-0.3, -0.25) is 0 Å². The molecule has 1 unspecified atom stereocenters. The van der Waals surface area contributed by atoms with Gasteiger partial charge in [0.25, 0.3) is 0 Å². The van der Waals surface area contributed by atoms with E-state index in [0.29, 0.717) is 11.1 Å². The number of ether oxygens (including phenoxy) is 1. The number of hydrogen-bond donors (Lipinski definition) is 1. The highest BCUT2D eigenvalue weighted by Crippen LogP contribution is 2.33. The van der Waals surface area contributed by atoms with E-state index in [0.717, 1.165) is 65.7 Å². The largest absolute Gasteiger partial charge is 0.497 e. The lowest BCUT2D eigenvalue weighted by Gasteiger charge is -2.21. The Kier molecular flexibility index (Phi) is 6.83. The highest BCUT2D eigenvalue weighted by Gasteiger charge is 2.13. The number of halogens is 1. The Balaban J connectivity index is 1.92. The lowest BCUT2D eigenvalue weighted by Crippen LogP contribution is -2.25. The number of nitrogens with zero attached hydrogens (tertiary/aromatic N) is 2. The fraction of sp³-hybridized carbons (Fsp3) is 0.435. The van der Waals surface area contributed by atoms with Crippen LogP contribution in [0.1, 0.15) is 33.6 Å². The SMILES string of the molecule is CCN(CC)CCCC(C)Nc1c2c#cc(Cl)cc2nc2ccc(OC)cc12. The standard InChI is InChI=1S/C23H28ClN3O/c1-5-27(6-2)13-7-8-16(3)25-23-19-11-9-17(24)14-22(19)26-21-12-10-18(28-4)15-20(21)23/h10,12,14-16H,5-8,13H2,1-4H3,(H,25,26). The monoisotopic (exact) mass is 397 g/mol. The lowest BCUT2D eigenvalue weighted by molar-refractivity contribution is 0.295. The van der Waals surface area contributed by atoms with Crippen LogP contribution in [0, 0.1) is 12.1 Å². The number of methoxy groups -OCH3 is 1. The second-order valence-corrected chi connectivity index (χ2v) is 7.49. The predicted octanol–water partition coefficient (Wildman–Crippen LogP) is 5.57. The number of nitrogens with one attached hydrogen (secondary N) is 1. The molecule has 0 radical (unpaired) electrons. The Labute approximate surface area is 172 Å². The third-order valence-electron chi connectivity index (χ3n) is 5.19. The first-order valence-electron chi connectivity index (χ1n) is 9.95. The molecule has 3 rings (SSSR count). The summed E-state index contributed by atoms with van der Waals surface area (Å²) in [5.41, 5.74) is 2.74. The summed E-state index contributed by atoms with van der Waals surface area (Å²) in [5, 5.41) is 6.15. The van der Waals surface area contributed by atoms with E-state index in [1.54, 1.807) is 7.11 Å². The minimum absolute atomic E-state index is 0.319. The Morgan fingerprint density at radius 1 is 1.18 bits per heavy atom. The summed E-state index contributed by atoms with van der Waals surface area (Å²) in [6, 6.07) is 14.3. The van der Waals surface area contributed by atoms with Gasteiger partial charge < -0.3 is 15.0 Å². The van der Waals surface area contributed by atoms with Gasteiger partial charge in [0.15, 0.2) is 0 Å². The molecule has 0 spiro atoms. The fourth-order valence-electron chi connectivity index (χ4n) is 3.53. The highest BCUT2D eigenvalue weighted by atomic mass is 35.5. The van der Waals surface area contributed by atoms with Crippen LogP contribution in [0.4, 0.5) is 5.69 Å². The lowest BCUT2D eigenvalue weighted by atomic mass is 10.1. The molecule has 0 saturated carbocycles. The summed E-state index contributed by atoms with van der Waals surface area (Å²) in [5.74, 6) is 0.809. The zero-order chi connectivity index (χ0) is 20.1. The number of aromatic nitrogens is 1. The van der Waals surface area contributed by atoms with Gasteiger partial charge in [-0.1, -0.05) is 31.5 Å². The summed E-state index contributed by atoms with van der Waals surface area (Å²) in [4.78, 5) is 7.21. The van der Waals surface area contributed by atoms with E-state index in [1.165, 1.54) is 0 Å². The topological polar surface area (TPSA) is 37.4 Å². The van der Waals surface area contributed by atoms with Crippen molar-refractivity contribution in [3.63, 3.8) is 0 Å². The maximum atomic E-state index is 6.13. The molecular formula is C23H28ClN3O. The van der Waals surface area contributed by atoms with Crippen LogP contribution >= 0.6 is 11.6 Å². The molecule has 3 aromatic rings. The van der Waals surface area contributed by atoms with Crippen molar-refractivity contribution < 1.29 is 4.74 Å². The molecular weight excluding hydrogens is 370 g/mol. The van der Waals surface area contributed by atoms with Crippen molar-refractivity contribution in [3.05, 3.63) is 41.4 Å². The fourth-order valence-corrected chi connectivity index (χ4v) is 3.68. The van der Waals surface area contributed by atoms with Gasteiger partial charge in [-0.15, -0.1) is 0 Å². The van der Waals surface area contributed by atoms with Crippen molar-refractivity contribution in [2.45, 2.75) is 39.7 Å². The molecule has 28 heavy (non-hydrogen) atoms. The van der Waals surface area contributed by atoms with Gasteiger partial charge in [0.2, 0.25) is 0 Å². The van der Waals surface area contributed by atoms with Crippen molar-refractivity contribution in [3.8, 4) is 5.75 Å². The van der Waals surface area contributed by atoms with E-state index in [4.69, 9.17) is 21.3 Å². The van der Waals surface area contributed by atoms with Crippen LogP contribution in [0.25, 0.3) is 21.8 Å². The number of hydrogen-bond acceptors (Lipinski definition) is 4. The van der Waals surface area contributed by atoms with E-state index < -0.39 is 0 Å². The minimum Gasteiger partial charge on any atom is -0.497 e. The first-order chi connectivity index (χ1) is 13.5. The first kappa shape index (κ1) is 20.5. The Hall–Kier alpha value is -2.22. The Morgan fingerprint density at radius 2 is 1.96 bits per heavy atom. The van der Waals surface area contributed by atoms with Crippen LogP contribution in [0.5, 0.6) is 5.75 Å². The third-order valence-corrected chi connectivity index (χ3v) is 5.39. The van der Waals surface area contributed by atoms with Gasteiger partial charge >= 0.3 is 0 Å². The van der Waals surface area contributed by atoms with E-state index in [2.05, 4.69) is 43.1 Å². The molecule has 4 nitrogen and oxygen atoms in total. The van der Waals surface area contributed by atoms with Gasteiger partial charge in [-0.2, -0.15) is 0 Å². The Bertz CT molecular complexity index is 940. The third kappa shape index (κ3) is 4.60. The van der Waals surface area contributed by atoms with Crippen LogP contribution in [0.15, 0.2) is 24.3 Å². The number of benzene rings is 1. The second-order valence-electron chi connectivity index (χ2n) is 7.09. The van der Waals surface area contributed by atoms with Crippen LogP contribution in [0.2, 0.25) is 5.02 Å². The maximum Gasteiger partial charge on any atom is 0.119 e. The van der Waals surface area contributed by atoms with E-state index in [9.17, 15) is 0 Å². The van der Waals surface area contributed by atoms with Gasteiger partial charge in [0.05, 0.1) is 34.2 Å². The first-order valence-corrected chi connectivity index (χ1v) is 10.3. The molecule has 0 amide bonds. The maximum absolute atomic E-state index is 6.13. The number of rotatable bonds is 9. The van der Waals surface area contributed by atoms with Gasteiger partial charge in [-0.25, -0.2) is 4.98 Å². The average Bonchev–Trinajstić information content (AvgIpc) is 2.70. The zero-order valence-electron chi connectivity index (χ0n) is 17.1. The molecule has 2 aromatic carbocycles. The van der Waals surface area contributed by atoms with Gasteiger partial charge in [0.1, 0.15) is 5.75 Å². The molecule has 0 saturated heterocycles. The second kappa shape index (κ2) is 9.32. The summed E-state index contributed by atoms with van der Waals surface area (Å²) in [7, 11) is 1.68. The molecule has 0 aliphatic rings. The van der Waals surface area contributed by atoms with Crippen molar-refractivity contribution in [1.82, 2.24) is 9.88 Å². The average molecular weight is 398 g/mol. The number of fused-ring (bicyclic) bond motifs is 2. The minimum atomic E-state index is 0.319. The van der Waals surface area contributed by atoms with Crippen molar-refractivity contribution in [2.24, 2.45) is 0 Å². The smallest absolute Gasteiger partial charge is 0.119 e. The van der Waals surface area contributed by atoms with Gasteiger partial charge in [-0.05, 0) is 69.7 Å². The molecule has 1 N–H and O–H groups in total. The number of anilines is 1. The molecule has 0 fully saturated rings. The van der Waals surface area contributed by atoms with Crippen molar-refractivity contribution in [1.29, 1.82) is 0 Å². The molecule has 0 aliphatic carbocycles. The molecule has 148 valence electrons. The molecule has 5 heteroatoms. The highest BCUT2D eigenvalue weighted by molar-refractivity contribution is 6.31. The zero-order valence-corrected chi connectivity index (χ0v) is 17.9. The Morgan fingerprint density at radius 3 is 2.68 bits per heavy atom. The van der Waals surface area contributed by atoms with Crippen molar-refractivity contribution >= 4 is 39.1 Å². The summed E-state index contributed by atoms with van der Waals surface area (Å²) < 4.78 is 5.43. The normalized spacial score (nSPS) is 12.4. The van der Waals surface area contributed by atoms with Crippen LogP contribution in [-0.4, -0.2) is 42.7 Å². The van der Waals surface area contributed by atoms with E-state index in [-0.39, 0.29) is 0 Å². The molecule has 0 aliphatic heterocycles. The van der Waals surface area contributed by atoms with E-state index in [1.807, 2.05) is 24.3 Å². The van der Waals surface area contributed by atoms with Crippen molar-refractivity contribution in [2.75, 3.05) is 32.1 Å². The van der Waals surface area contributed by atoms with Crippen LogP contribution in [0.3, 0.4) is 0 Å². The summed E-state index contributed by atoms with van der Waals surface area (Å²) in [6.45, 7) is 9.98. The van der Waals surface area contributed by atoms with Crippen LogP contribution < -0.4 is 10.1 Å². The summed E-state index contributed by atoms with van der Waals surface area (Å²) in [6.07, 6.45) is 2.24. The van der Waals surface area contributed by atoms with Crippen LogP contribution in [-0.2, 0) is 0 Å². The predicted molar refractivity (Wildman–Crippen MR) is 119 cm³/mol. The molecule has 0 bridgehead atoms.